The highest BCUT2D eigenvalue weighted by atomic mass is 32.1. The summed E-state index contributed by atoms with van der Waals surface area (Å²) in [5.74, 6) is -0.298. The number of thiophene rings is 1. The molecule has 11 heavy (non-hydrogen) atoms. The van der Waals surface area contributed by atoms with Crippen LogP contribution in [-0.2, 0) is 11.2 Å². The lowest BCUT2D eigenvalue weighted by Crippen LogP contribution is -2.13. The molecule has 1 aliphatic carbocycles. The number of primary amides is 1. The molecule has 0 radical (unpaired) electrons. The van der Waals surface area contributed by atoms with E-state index in [1.807, 2.05) is 17.5 Å². The lowest BCUT2D eigenvalue weighted by molar-refractivity contribution is -0.114. The maximum absolute atomic E-state index is 10.7. The largest absolute Gasteiger partial charge is 0.366 e. The Morgan fingerprint density at radius 2 is 2.45 bits per heavy atom. The Kier molecular flexibility index (Phi) is 1.32. The van der Waals surface area contributed by atoms with Crippen LogP contribution in [0.1, 0.15) is 10.4 Å². The summed E-state index contributed by atoms with van der Waals surface area (Å²) in [4.78, 5) is 11.9. The zero-order valence-electron chi connectivity index (χ0n) is 5.83. The average Bonchev–Trinajstić information content (AvgIpc) is 2.40. The minimum absolute atomic E-state index is 0.298. The monoisotopic (exact) mass is 165 g/mol. The predicted octanol–water partition coefficient (Wildman–Crippen LogP) is 1.17. The SMILES string of the molecule is NC(=O)C1=Cc2sccc2C1. The van der Waals surface area contributed by atoms with E-state index in [-0.39, 0.29) is 5.91 Å². The van der Waals surface area contributed by atoms with Gasteiger partial charge in [0.25, 0.3) is 0 Å². The van der Waals surface area contributed by atoms with E-state index in [4.69, 9.17) is 5.73 Å². The van der Waals surface area contributed by atoms with Gasteiger partial charge in [-0.2, -0.15) is 0 Å². The van der Waals surface area contributed by atoms with Crippen molar-refractivity contribution in [2.75, 3.05) is 0 Å². The number of amides is 1. The van der Waals surface area contributed by atoms with Gasteiger partial charge in [-0.25, -0.2) is 0 Å². The van der Waals surface area contributed by atoms with Gasteiger partial charge >= 0.3 is 0 Å². The molecule has 0 spiro atoms. The molecule has 0 saturated heterocycles. The van der Waals surface area contributed by atoms with Crippen LogP contribution in [0.25, 0.3) is 6.08 Å². The highest BCUT2D eigenvalue weighted by Gasteiger charge is 2.16. The fourth-order valence-corrected chi connectivity index (χ4v) is 2.07. The van der Waals surface area contributed by atoms with E-state index in [9.17, 15) is 4.79 Å². The molecule has 1 aromatic heterocycles. The molecule has 0 fully saturated rings. The van der Waals surface area contributed by atoms with Crippen molar-refractivity contribution in [3.05, 3.63) is 27.5 Å². The van der Waals surface area contributed by atoms with Crippen LogP contribution in [-0.4, -0.2) is 5.91 Å². The van der Waals surface area contributed by atoms with Crippen molar-refractivity contribution in [3.8, 4) is 0 Å². The number of rotatable bonds is 1. The Balaban J connectivity index is 2.38. The van der Waals surface area contributed by atoms with Gasteiger partial charge in [-0.3, -0.25) is 4.79 Å². The Morgan fingerprint density at radius 1 is 1.64 bits per heavy atom. The van der Waals surface area contributed by atoms with Crippen molar-refractivity contribution in [3.63, 3.8) is 0 Å². The highest BCUT2D eigenvalue weighted by Crippen LogP contribution is 2.28. The summed E-state index contributed by atoms with van der Waals surface area (Å²) in [5.41, 5.74) is 7.09. The van der Waals surface area contributed by atoms with E-state index >= 15 is 0 Å². The Bertz CT molecular complexity index is 338. The van der Waals surface area contributed by atoms with Gasteiger partial charge in [0, 0.05) is 16.9 Å². The van der Waals surface area contributed by atoms with Crippen LogP contribution in [0, 0.1) is 0 Å². The quantitative estimate of drug-likeness (QED) is 0.667. The average molecular weight is 165 g/mol. The second-order valence-corrected chi connectivity index (χ2v) is 3.47. The molecule has 1 aromatic rings. The van der Waals surface area contributed by atoms with Crippen molar-refractivity contribution >= 4 is 23.3 Å². The summed E-state index contributed by atoms with van der Waals surface area (Å²) in [7, 11) is 0. The van der Waals surface area contributed by atoms with Crippen molar-refractivity contribution in [1.82, 2.24) is 0 Å². The van der Waals surface area contributed by atoms with Crippen LogP contribution in [0.3, 0.4) is 0 Å². The first-order valence-electron chi connectivity index (χ1n) is 3.34. The number of hydrogen-bond donors (Lipinski definition) is 1. The number of hydrogen-bond acceptors (Lipinski definition) is 2. The maximum Gasteiger partial charge on any atom is 0.245 e. The van der Waals surface area contributed by atoms with Crippen molar-refractivity contribution < 1.29 is 4.79 Å². The van der Waals surface area contributed by atoms with E-state index in [1.54, 1.807) is 11.3 Å². The first-order chi connectivity index (χ1) is 5.27. The lowest BCUT2D eigenvalue weighted by atomic mass is 10.2. The summed E-state index contributed by atoms with van der Waals surface area (Å²) in [5, 5.41) is 2.03. The van der Waals surface area contributed by atoms with Gasteiger partial charge in [-0.05, 0) is 23.1 Å². The van der Waals surface area contributed by atoms with Gasteiger partial charge in [0.05, 0.1) is 0 Å². The van der Waals surface area contributed by atoms with Crippen LogP contribution in [0.4, 0.5) is 0 Å². The third-order valence-electron chi connectivity index (χ3n) is 1.78. The standard InChI is InChI=1S/C8H7NOS/c9-8(10)6-3-5-1-2-11-7(5)4-6/h1-2,4H,3H2,(H2,9,10). The minimum atomic E-state index is -0.298. The zero-order valence-corrected chi connectivity index (χ0v) is 6.65. The number of nitrogens with two attached hydrogens (primary N) is 1. The highest BCUT2D eigenvalue weighted by molar-refractivity contribution is 7.11. The topological polar surface area (TPSA) is 43.1 Å². The van der Waals surface area contributed by atoms with Crippen LogP contribution in [0.15, 0.2) is 17.0 Å². The fraction of sp³-hybridized carbons (Fsp3) is 0.125. The van der Waals surface area contributed by atoms with Gasteiger partial charge in [0.2, 0.25) is 5.91 Å². The molecule has 56 valence electrons. The first-order valence-corrected chi connectivity index (χ1v) is 4.22. The van der Waals surface area contributed by atoms with Crippen LogP contribution < -0.4 is 5.73 Å². The smallest absolute Gasteiger partial charge is 0.245 e. The molecule has 1 aliphatic rings. The summed E-state index contributed by atoms with van der Waals surface area (Å²) in [6.07, 6.45) is 2.59. The lowest BCUT2D eigenvalue weighted by Gasteiger charge is -1.91. The molecule has 3 heteroatoms. The van der Waals surface area contributed by atoms with E-state index < -0.39 is 0 Å². The molecule has 0 atom stereocenters. The molecule has 0 unspecified atom stereocenters. The minimum Gasteiger partial charge on any atom is -0.366 e. The van der Waals surface area contributed by atoms with Crippen molar-refractivity contribution in [2.24, 2.45) is 5.73 Å². The van der Waals surface area contributed by atoms with E-state index in [0.29, 0.717) is 6.42 Å². The predicted molar refractivity (Wildman–Crippen MR) is 45.2 cm³/mol. The molecule has 1 heterocycles. The van der Waals surface area contributed by atoms with Gasteiger partial charge in [0.15, 0.2) is 0 Å². The van der Waals surface area contributed by atoms with Crippen LogP contribution >= 0.6 is 11.3 Å². The molecule has 0 saturated carbocycles. The fourth-order valence-electron chi connectivity index (χ4n) is 1.19. The molecule has 2 N–H and O–H groups in total. The van der Waals surface area contributed by atoms with E-state index in [2.05, 4.69) is 0 Å². The van der Waals surface area contributed by atoms with Gasteiger partial charge in [-0.1, -0.05) is 0 Å². The van der Waals surface area contributed by atoms with E-state index in [0.717, 1.165) is 5.57 Å². The zero-order chi connectivity index (χ0) is 7.84. The summed E-state index contributed by atoms with van der Waals surface area (Å²) in [6, 6.07) is 2.03. The third-order valence-corrected chi connectivity index (χ3v) is 2.69. The molecule has 2 rings (SSSR count). The Morgan fingerprint density at radius 3 is 3.09 bits per heavy atom. The third kappa shape index (κ3) is 0.973. The molecule has 2 nitrogen and oxygen atoms in total. The van der Waals surface area contributed by atoms with Crippen molar-refractivity contribution in [2.45, 2.75) is 6.42 Å². The number of fused-ring (bicyclic) bond motifs is 1. The summed E-state index contributed by atoms with van der Waals surface area (Å²) in [6.45, 7) is 0. The second-order valence-electron chi connectivity index (χ2n) is 2.52. The number of carbonyl (C=O) groups excluding carboxylic acids is 1. The van der Waals surface area contributed by atoms with Crippen molar-refractivity contribution in [1.29, 1.82) is 0 Å². The molecular formula is C8H7NOS. The molecular weight excluding hydrogens is 158 g/mol. The van der Waals surface area contributed by atoms with Gasteiger partial charge < -0.3 is 5.73 Å². The summed E-state index contributed by atoms with van der Waals surface area (Å²) < 4.78 is 0. The Labute approximate surface area is 68.3 Å². The van der Waals surface area contributed by atoms with Crippen LogP contribution in [0.2, 0.25) is 0 Å². The normalized spacial score (nSPS) is 14.4. The molecule has 0 aromatic carbocycles. The van der Waals surface area contributed by atoms with Gasteiger partial charge in [0.1, 0.15) is 0 Å². The molecule has 0 aliphatic heterocycles. The molecule has 1 amide bonds. The molecule has 0 bridgehead atoms. The first kappa shape index (κ1) is 6.61. The summed E-state index contributed by atoms with van der Waals surface area (Å²) >= 11 is 1.65. The van der Waals surface area contributed by atoms with Crippen LogP contribution in [0.5, 0.6) is 0 Å². The van der Waals surface area contributed by atoms with Gasteiger partial charge in [-0.15, -0.1) is 11.3 Å². The maximum atomic E-state index is 10.7. The van der Waals surface area contributed by atoms with E-state index in [1.165, 1.54) is 10.4 Å². The number of carbonyl (C=O) groups is 1. The Hall–Kier alpha value is -1.09. The second kappa shape index (κ2) is 2.20.